The second-order valence-corrected chi connectivity index (χ2v) is 5.37. The molecule has 4 N–H and O–H groups in total. The van der Waals surface area contributed by atoms with Crippen LogP contribution in [0.15, 0.2) is 18.2 Å². The van der Waals surface area contributed by atoms with Gasteiger partial charge in [-0.05, 0) is 25.0 Å². The summed E-state index contributed by atoms with van der Waals surface area (Å²) in [6, 6.07) is 4.97. The van der Waals surface area contributed by atoms with Crippen molar-refractivity contribution in [3.8, 4) is 5.75 Å². The summed E-state index contributed by atoms with van der Waals surface area (Å²) in [5.74, 6) is -1.95. The Labute approximate surface area is 139 Å². The van der Waals surface area contributed by atoms with Crippen molar-refractivity contribution < 1.29 is 28.8 Å². The largest absolute Gasteiger partial charge is 0.547 e. The van der Waals surface area contributed by atoms with Crippen molar-refractivity contribution in [3.63, 3.8) is 0 Å². The van der Waals surface area contributed by atoms with Gasteiger partial charge < -0.3 is 25.5 Å². The third-order valence-electron chi connectivity index (χ3n) is 3.56. The van der Waals surface area contributed by atoms with Crippen LogP contribution in [0.4, 0.5) is 0 Å². The number of amides is 2. The van der Waals surface area contributed by atoms with Gasteiger partial charge in [0.05, 0.1) is 12.5 Å². The van der Waals surface area contributed by atoms with Crippen LogP contribution in [0.3, 0.4) is 0 Å². The molecule has 0 bridgehead atoms. The molecule has 0 saturated carbocycles. The van der Waals surface area contributed by atoms with E-state index in [4.69, 9.17) is 15.1 Å². The number of hydrogen-bond acceptors (Lipinski definition) is 6. The molecule has 0 radical (unpaired) electrons. The highest BCUT2D eigenvalue weighted by molar-refractivity contribution is 6.47. The van der Waals surface area contributed by atoms with Gasteiger partial charge in [0.1, 0.15) is 11.3 Å². The Balaban J connectivity index is 2.10. The molecule has 1 atom stereocenters. The van der Waals surface area contributed by atoms with E-state index in [-0.39, 0.29) is 37.2 Å². The van der Waals surface area contributed by atoms with Crippen molar-refractivity contribution in [3.05, 3.63) is 29.3 Å². The second kappa shape index (κ2) is 7.82. The summed E-state index contributed by atoms with van der Waals surface area (Å²) in [5, 5.41) is 12.7. The number of para-hydroxylation sites is 1. The zero-order chi connectivity index (χ0) is 17.7. The van der Waals surface area contributed by atoms with Crippen LogP contribution in [-0.4, -0.2) is 42.5 Å². The van der Waals surface area contributed by atoms with Gasteiger partial charge in [-0.25, -0.2) is 4.79 Å². The summed E-state index contributed by atoms with van der Waals surface area (Å²) in [6.45, 7) is 1.92. The molecule has 1 aromatic carbocycles. The number of primary amides is 1. The van der Waals surface area contributed by atoms with Crippen LogP contribution in [-0.2, 0) is 20.7 Å². The predicted molar refractivity (Wildman–Crippen MR) is 85.1 cm³/mol. The Kier molecular flexibility index (Phi) is 5.80. The lowest BCUT2D eigenvalue weighted by Crippen LogP contribution is -2.53. The normalized spacial score (nSPS) is 15.9. The first-order valence-electron chi connectivity index (χ1n) is 7.63. The quantitative estimate of drug-likeness (QED) is 0.478. The van der Waals surface area contributed by atoms with Gasteiger partial charge in [-0.1, -0.05) is 12.1 Å². The number of rotatable bonds is 6. The topological polar surface area (TPSA) is 128 Å². The third-order valence-corrected chi connectivity index (χ3v) is 3.56. The minimum absolute atomic E-state index is 0.0612. The van der Waals surface area contributed by atoms with Gasteiger partial charge in [0.25, 0.3) is 0 Å². The van der Waals surface area contributed by atoms with Gasteiger partial charge in [-0.3, -0.25) is 9.59 Å². The number of carbonyl (C=O) groups excluding carboxylic acids is 3. The molecule has 128 valence electrons. The van der Waals surface area contributed by atoms with E-state index in [0.29, 0.717) is 5.56 Å². The van der Waals surface area contributed by atoms with Crippen LogP contribution in [0.5, 0.6) is 5.75 Å². The fourth-order valence-electron chi connectivity index (χ4n) is 2.43. The SMILES string of the molecule is CCOC(=O)c1cccc2c1OB(O)[C@@H](NC(=O)CCC(N)=O)C2. The van der Waals surface area contributed by atoms with Gasteiger partial charge in [0.15, 0.2) is 0 Å². The van der Waals surface area contributed by atoms with E-state index in [0.717, 1.165) is 0 Å². The van der Waals surface area contributed by atoms with Crippen LogP contribution in [0.2, 0.25) is 0 Å². The molecule has 8 nitrogen and oxygen atoms in total. The molecular formula is C15H19BN2O6. The van der Waals surface area contributed by atoms with Crippen molar-refractivity contribution >= 4 is 24.9 Å². The Morgan fingerprint density at radius 3 is 2.83 bits per heavy atom. The molecule has 0 fully saturated rings. The van der Waals surface area contributed by atoms with Gasteiger partial charge in [0, 0.05) is 12.8 Å². The maximum atomic E-state index is 11.9. The number of fused-ring (bicyclic) bond motifs is 1. The lowest BCUT2D eigenvalue weighted by atomic mass is 9.72. The maximum absolute atomic E-state index is 11.9. The summed E-state index contributed by atoms with van der Waals surface area (Å²) in [7, 11) is -1.31. The summed E-state index contributed by atoms with van der Waals surface area (Å²) >= 11 is 0. The first-order valence-corrected chi connectivity index (χ1v) is 7.63. The Bertz CT molecular complexity index is 651. The standard InChI is InChI=1S/C15H19BN2O6/c1-2-23-15(21)10-5-3-4-9-8-11(16(22)24-14(9)10)18-13(20)7-6-12(17)19/h3-5,11,22H,2,6-8H2,1H3,(H2,17,19)(H,18,20)/t11-/m0/s1. The van der Waals surface area contributed by atoms with E-state index < -0.39 is 30.8 Å². The van der Waals surface area contributed by atoms with Crippen LogP contribution in [0.1, 0.15) is 35.7 Å². The number of nitrogens with two attached hydrogens (primary N) is 1. The third kappa shape index (κ3) is 4.26. The minimum atomic E-state index is -1.31. The van der Waals surface area contributed by atoms with Gasteiger partial charge in [0.2, 0.25) is 11.8 Å². The van der Waals surface area contributed by atoms with Crippen molar-refractivity contribution in [2.75, 3.05) is 6.61 Å². The number of hydrogen-bond donors (Lipinski definition) is 3. The summed E-state index contributed by atoms with van der Waals surface area (Å²) in [6.07, 6.45) is 0.152. The first-order chi connectivity index (χ1) is 11.4. The van der Waals surface area contributed by atoms with Crippen LogP contribution >= 0.6 is 0 Å². The van der Waals surface area contributed by atoms with Crippen molar-refractivity contribution in [1.29, 1.82) is 0 Å². The van der Waals surface area contributed by atoms with Gasteiger partial charge >= 0.3 is 13.1 Å². The Hall–Kier alpha value is -2.55. The summed E-state index contributed by atoms with van der Waals surface area (Å²) in [5.41, 5.74) is 5.90. The molecule has 1 aromatic rings. The highest BCUT2D eigenvalue weighted by atomic mass is 16.5. The number of benzene rings is 1. The zero-order valence-corrected chi connectivity index (χ0v) is 13.3. The van der Waals surface area contributed by atoms with E-state index in [9.17, 15) is 19.4 Å². The molecule has 1 heterocycles. The zero-order valence-electron chi connectivity index (χ0n) is 13.3. The van der Waals surface area contributed by atoms with E-state index >= 15 is 0 Å². The smallest absolute Gasteiger partial charge is 0.534 e. The summed E-state index contributed by atoms with van der Waals surface area (Å²) in [4.78, 5) is 34.4. The fraction of sp³-hybridized carbons (Fsp3) is 0.400. The monoisotopic (exact) mass is 334 g/mol. The molecule has 1 aliphatic rings. The van der Waals surface area contributed by atoms with E-state index in [1.807, 2.05) is 0 Å². The average Bonchev–Trinajstić information content (AvgIpc) is 2.53. The molecule has 2 rings (SSSR count). The molecule has 1 aliphatic heterocycles. The molecule has 0 aliphatic carbocycles. The Morgan fingerprint density at radius 1 is 1.42 bits per heavy atom. The van der Waals surface area contributed by atoms with Crippen LogP contribution < -0.4 is 15.7 Å². The molecule has 2 amide bonds. The number of ether oxygens (including phenoxy) is 1. The molecule has 0 spiro atoms. The van der Waals surface area contributed by atoms with Crippen molar-refractivity contribution in [2.45, 2.75) is 32.1 Å². The lowest BCUT2D eigenvalue weighted by molar-refractivity contribution is -0.125. The number of esters is 1. The highest BCUT2D eigenvalue weighted by Gasteiger charge is 2.37. The summed E-state index contributed by atoms with van der Waals surface area (Å²) < 4.78 is 10.4. The molecule has 24 heavy (non-hydrogen) atoms. The number of carbonyl (C=O) groups is 3. The minimum Gasteiger partial charge on any atom is -0.534 e. The van der Waals surface area contributed by atoms with E-state index in [1.165, 1.54) is 0 Å². The Morgan fingerprint density at radius 2 is 2.17 bits per heavy atom. The number of nitrogens with one attached hydrogen (secondary N) is 1. The fourth-order valence-corrected chi connectivity index (χ4v) is 2.43. The van der Waals surface area contributed by atoms with Gasteiger partial charge in [-0.2, -0.15) is 0 Å². The van der Waals surface area contributed by atoms with Crippen LogP contribution in [0, 0.1) is 0 Å². The molecular weight excluding hydrogens is 315 g/mol. The van der Waals surface area contributed by atoms with Gasteiger partial charge in [-0.15, -0.1) is 0 Å². The lowest BCUT2D eigenvalue weighted by Gasteiger charge is -2.29. The van der Waals surface area contributed by atoms with E-state index in [1.54, 1.807) is 25.1 Å². The van der Waals surface area contributed by atoms with Crippen molar-refractivity contribution in [2.24, 2.45) is 5.73 Å². The molecule has 0 aromatic heterocycles. The predicted octanol–water partition coefficient (Wildman–Crippen LogP) is -0.432. The average molecular weight is 334 g/mol. The first kappa shape index (κ1) is 17.8. The van der Waals surface area contributed by atoms with Crippen LogP contribution in [0.25, 0.3) is 0 Å². The maximum Gasteiger partial charge on any atom is 0.547 e. The molecule has 9 heteroatoms. The highest BCUT2D eigenvalue weighted by Crippen LogP contribution is 2.30. The van der Waals surface area contributed by atoms with Crippen molar-refractivity contribution in [1.82, 2.24) is 5.32 Å². The second-order valence-electron chi connectivity index (χ2n) is 5.37. The van der Waals surface area contributed by atoms with E-state index in [2.05, 4.69) is 5.32 Å². The molecule has 0 saturated heterocycles. The molecule has 0 unspecified atom stereocenters.